The highest BCUT2D eigenvalue weighted by Crippen LogP contribution is 2.35. The van der Waals surface area contributed by atoms with E-state index in [0.29, 0.717) is 17.4 Å². The van der Waals surface area contributed by atoms with Crippen LogP contribution < -0.4 is 14.4 Å². The topological polar surface area (TPSA) is 67.8 Å². The van der Waals surface area contributed by atoms with Crippen LogP contribution in [0.2, 0.25) is 0 Å². The normalized spacial score (nSPS) is 18.1. The van der Waals surface area contributed by atoms with Gasteiger partial charge in [-0.2, -0.15) is 0 Å². The summed E-state index contributed by atoms with van der Waals surface area (Å²) in [5, 5.41) is 0.939. The molecule has 2 aromatic rings. The van der Waals surface area contributed by atoms with E-state index in [1.807, 2.05) is 17.0 Å². The zero-order chi connectivity index (χ0) is 18.8. The lowest BCUT2D eigenvalue weighted by atomic mass is 9.84. The molecule has 0 bridgehead atoms. The lowest BCUT2D eigenvalue weighted by Crippen LogP contribution is -2.41. The molecule has 1 aromatic carbocycles. The van der Waals surface area contributed by atoms with Crippen LogP contribution in [0, 0.1) is 5.92 Å². The van der Waals surface area contributed by atoms with Gasteiger partial charge in [0.05, 0.1) is 19.7 Å². The molecule has 2 aliphatic rings. The summed E-state index contributed by atoms with van der Waals surface area (Å²) in [6.45, 7) is 3.22. The van der Waals surface area contributed by atoms with Crippen LogP contribution in [-0.4, -0.2) is 61.2 Å². The van der Waals surface area contributed by atoms with Crippen LogP contribution in [0.1, 0.15) is 25.7 Å². The Morgan fingerprint density at radius 2 is 1.78 bits per heavy atom. The summed E-state index contributed by atoms with van der Waals surface area (Å²) >= 11 is 0. The first-order chi connectivity index (χ1) is 13.2. The summed E-state index contributed by atoms with van der Waals surface area (Å²) in [6.07, 6.45) is 5.83. The van der Waals surface area contributed by atoms with Crippen molar-refractivity contribution in [3.05, 3.63) is 18.5 Å². The second-order valence-electron chi connectivity index (χ2n) is 7.22. The quantitative estimate of drug-likeness (QED) is 0.824. The van der Waals surface area contributed by atoms with E-state index in [4.69, 9.17) is 9.47 Å². The molecule has 1 saturated carbocycles. The first-order valence-corrected chi connectivity index (χ1v) is 9.61. The first kappa shape index (κ1) is 17.8. The maximum absolute atomic E-state index is 12.6. The summed E-state index contributed by atoms with van der Waals surface area (Å²) in [7, 11) is 3.25. The number of rotatable bonds is 4. The minimum Gasteiger partial charge on any atom is -0.493 e. The third-order valence-electron chi connectivity index (χ3n) is 5.68. The number of amides is 1. The Balaban J connectivity index is 1.59. The molecule has 1 aromatic heterocycles. The van der Waals surface area contributed by atoms with Crippen molar-refractivity contribution in [3.8, 4) is 11.5 Å². The van der Waals surface area contributed by atoms with Gasteiger partial charge < -0.3 is 19.3 Å². The van der Waals surface area contributed by atoms with Gasteiger partial charge in [-0.05, 0) is 25.3 Å². The van der Waals surface area contributed by atoms with Crippen molar-refractivity contribution < 1.29 is 14.3 Å². The van der Waals surface area contributed by atoms with E-state index in [1.54, 1.807) is 20.5 Å². The zero-order valence-electron chi connectivity index (χ0n) is 16.0. The summed E-state index contributed by atoms with van der Waals surface area (Å²) < 4.78 is 10.8. The Kier molecular flexibility index (Phi) is 5.01. The van der Waals surface area contributed by atoms with E-state index in [-0.39, 0.29) is 5.92 Å². The van der Waals surface area contributed by atoms with Crippen molar-refractivity contribution in [2.24, 2.45) is 5.92 Å². The SMILES string of the molecule is COc1cc2ncnc(N3CCCN(C(=O)C4CCC4)CC3)c2cc1OC. The van der Waals surface area contributed by atoms with Gasteiger partial charge in [-0.1, -0.05) is 6.42 Å². The number of carbonyl (C=O) groups excluding carboxylic acids is 1. The van der Waals surface area contributed by atoms with Crippen LogP contribution in [0.5, 0.6) is 11.5 Å². The van der Waals surface area contributed by atoms with Crippen LogP contribution in [-0.2, 0) is 4.79 Å². The number of nitrogens with zero attached hydrogens (tertiary/aromatic N) is 4. The Morgan fingerprint density at radius 3 is 2.48 bits per heavy atom. The number of hydrogen-bond acceptors (Lipinski definition) is 6. The van der Waals surface area contributed by atoms with Gasteiger partial charge in [-0.3, -0.25) is 4.79 Å². The molecular formula is C20H26N4O3. The number of hydrogen-bond donors (Lipinski definition) is 0. The van der Waals surface area contributed by atoms with Gasteiger partial charge in [0, 0.05) is 43.5 Å². The fraction of sp³-hybridized carbons (Fsp3) is 0.550. The molecule has 1 amide bonds. The molecule has 7 heteroatoms. The molecule has 1 aliphatic heterocycles. The van der Waals surface area contributed by atoms with Crippen molar-refractivity contribution in [3.63, 3.8) is 0 Å². The fourth-order valence-corrected chi connectivity index (χ4v) is 3.88. The third-order valence-corrected chi connectivity index (χ3v) is 5.68. The van der Waals surface area contributed by atoms with Crippen LogP contribution in [0.3, 0.4) is 0 Å². The summed E-state index contributed by atoms with van der Waals surface area (Å²) in [4.78, 5) is 25.8. The predicted octanol–water partition coefficient (Wildman–Crippen LogP) is 2.49. The minimum absolute atomic E-state index is 0.258. The monoisotopic (exact) mass is 370 g/mol. The standard InChI is InChI=1S/C20H26N4O3/c1-26-17-11-15-16(12-18(17)27-2)21-13-22-19(15)23-7-4-8-24(10-9-23)20(25)14-5-3-6-14/h11-14H,3-10H2,1-2H3. The van der Waals surface area contributed by atoms with Gasteiger partial charge in [-0.15, -0.1) is 0 Å². The van der Waals surface area contributed by atoms with E-state index < -0.39 is 0 Å². The molecule has 1 aliphatic carbocycles. The van der Waals surface area contributed by atoms with E-state index >= 15 is 0 Å². The Bertz CT molecular complexity index is 837. The smallest absolute Gasteiger partial charge is 0.225 e. The highest BCUT2D eigenvalue weighted by Gasteiger charge is 2.30. The summed E-state index contributed by atoms with van der Waals surface area (Å²) in [5.74, 6) is 2.80. The van der Waals surface area contributed by atoms with Crippen LogP contribution in [0.4, 0.5) is 5.82 Å². The highest BCUT2D eigenvalue weighted by atomic mass is 16.5. The van der Waals surface area contributed by atoms with Crippen LogP contribution in [0.15, 0.2) is 18.5 Å². The molecule has 1 saturated heterocycles. The number of methoxy groups -OCH3 is 2. The molecule has 4 rings (SSSR count). The van der Waals surface area contributed by atoms with Gasteiger partial charge in [0.15, 0.2) is 11.5 Å². The number of carbonyl (C=O) groups is 1. The van der Waals surface area contributed by atoms with Crippen LogP contribution in [0.25, 0.3) is 10.9 Å². The second kappa shape index (κ2) is 7.58. The molecule has 0 unspecified atom stereocenters. The number of ether oxygens (including phenoxy) is 2. The largest absolute Gasteiger partial charge is 0.493 e. The van der Waals surface area contributed by atoms with E-state index in [1.165, 1.54) is 6.42 Å². The predicted molar refractivity (Wildman–Crippen MR) is 103 cm³/mol. The molecule has 0 spiro atoms. The van der Waals surface area contributed by atoms with Crippen molar-refractivity contribution in [2.45, 2.75) is 25.7 Å². The Morgan fingerprint density at radius 1 is 1.00 bits per heavy atom. The minimum atomic E-state index is 0.258. The van der Waals surface area contributed by atoms with E-state index in [0.717, 1.165) is 62.2 Å². The van der Waals surface area contributed by atoms with Gasteiger partial charge in [0.2, 0.25) is 5.91 Å². The molecule has 27 heavy (non-hydrogen) atoms. The lowest BCUT2D eigenvalue weighted by molar-refractivity contribution is -0.137. The van der Waals surface area contributed by atoms with Gasteiger partial charge in [0.1, 0.15) is 12.1 Å². The zero-order valence-corrected chi connectivity index (χ0v) is 16.0. The summed E-state index contributed by atoms with van der Waals surface area (Å²) in [6, 6.07) is 3.81. The number of aromatic nitrogens is 2. The third kappa shape index (κ3) is 3.38. The second-order valence-corrected chi connectivity index (χ2v) is 7.22. The number of anilines is 1. The highest BCUT2D eigenvalue weighted by molar-refractivity contribution is 5.92. The molecule has 0 radical (unpaired) electrons. The van der Waals surface area contributed by atoms with E-state index in [2.05, 4.69) is 14.9 Å². The molecule has 7 nitrogen and oxygen atoms in total. The Hall–Kier alpha value is -2.57. The van der Waals surface area contributed by atoms with Gasteiger partial charge in [0.25, 0.3) is 0 Å². The first-order valence-electron chi connectivity index (χ1n) is 9.61. The fourth-order valence-electron chi connectivity index (χ4n) is 3.88. The Labute approximate surface area is 159 Å². The molecule has 144 valence electrons. The van der Waals surface area contributed by atoms with Gasteiger partial charge in [-0.25, -0.2) is 9.97 Å². The maximum atomic E-state index is 12.6. The van der Waals surface area contributed by atoms with Crippen LogP contribution >= 0.6 is 0 Å². The molecule has 0 atom stereocenters. The van der Waals surface area contributed by atoms with Crippen molar-refractivity contribution in [2.75, 3.05) is 45.3 Å². The summed E-state index contributed by atoms with van der Waals surface area (Å²) in [5.41, 5.74) is 0.823. The molecule has 2 heterocycles. The molecule has 2 fully saturated rings. The average molecular weight is 370 g/mol. The van der Waals surface area contributed by atoms with Gasteiger partial charge >= 0.3 is 0 Å². The van der Waals surface area contributed by atoms with Crippen molar-refractivity contribution in [1.82, 2.24) is 14.9 Å². The molecule has 0 N–H and O–H groups in total. The lowest BCUT2D eigenvalue weighted by Gasteiger charge is -2.31. The van der Waals surface area contributed by atoms with Crippen molar-refractivity contribution >= 4 is 22.6 Å². The van der Waals surface area contributed by atoms with Crippen molar-refractivity contribution in [1.29, 1.82) is 0 Å². The maximum Gasteiger partial charge on any atom is 0.225 e. The number of benzene rings is 1. The number of fused-ring (bicyclic) bond motifs is 1. The average Bonchev–Trinajstić information content (AvgIpc) is 2.91. The van der Waals surface area contributed by atoms with E-state index in [9.17, 15) is 4.79 Å². The molecular weight excluding hydrogens is 344 g/mol.